The van der Waals surface area contributed by atoms with E-state index >= 15 is 0 Å². The van der Waals surface area contributed by atoms with E-state index in [9.17, 15) is 0 Å². The Bertz CT molecular complexity index is 543. The maximum atomic E-state index is 3.96. The summed E-state index contributed by atoms with van der Waals surface area (Å²) >= 11 is 5.16. The van der Waals surface area contributed by atoms with Crippen molar-refractivity contribution in [3.8, 4) is 0 Å². The lowest BCUT2D eigenvalue weighted by Gasteiger charge is -2.07. The molecule has 2 aromatic rings. The molecule has 0 bridgehead atoms. The van der Waals surface area contributed by atoms with Crippen molar-refractivity contribution in [2.24, 2.45) is 7.05 Å². The second kappa shape index (κ2) is 7.02. The third kappa shape index (κ3) is 4.02. The number of tetrazole rings is 1. The van der Waals surface area contributed by atoms with Crippen LogP contribution >= 0.6 is 27.7 Å². The number of rotatable bonds is 6. The van der Waals surface area contributed by atoms with Gasteiger partial charge in [0.15, 0.2) is 0 Å². The summed E-state index contributed by atoms with van der Waals surface area (Å²) in [6.07, 6.45) is 1.14. The number of benzene rings is 1. The molecule has 2 rings (SSSR count). The van der Waals surface area contributed by atoms with Crippen LogP contribution in [0.3, 0.4) is 0 Å². The molecule has 7 heteroatoms. The summed E-state index contributed by atoms with van der Waals surface area (Å²) in [5.41, 5.74) is 1.26. The molecule has 0 spiro atoms. The molecule has 5 nitrogen and oxygen atoms in total. The number of aryl methyl sites for hydroxylation is 1. The van der Waals surface area contributed by atoms with E-state index in [-0.39, 0.29) is 0 Å². The molecule has 0 aliphatic rings. The predicted octanol–water partition coefficient (Wildman–Crippen LogP) is 2.62. The van der Waals surface area contributed by atoms with Gasteiger partial charge in [0.25, 0.3) is 0 Å². The third-order valence-corrected chi connectivity index (χ3v) is 4.31. The van der Waals surface area contributed by atoms with Crippen molar-refractivity contribution in [3.05, 3.63) is 28.2 Å². The van der Waals surface area contributed by atoms with Gasteiger partial charge in [-0.15, -0.1) is 5.10 Å². The number of nitrogens with one attached hydrogen (secondary N) is 1. The number of hydrogen-bond donors (Lipinski definition) is 1. The normalized spacial score (nSPS) is 10.9. The summed E-state index contributed by atoms with van der Waals surface area (Å²) in [7, 11) is 1.83. The first-order valence-electron chi connectivity index (χ1n) is 6.10. The fourth-order valence-electron chi connectivity index (χ4n) is 1.55. The van der Waals surface area contributed by atoms with Crippen LogP contribution in [-0.4, -0.2) is 26.8 Å². The van der Waals surface area contributed by atoms with Crippen molar-refractivity contribution < 1.29 is 0 Å². The lowest BCUT2D eigenvalue weighted by molar-refractivity contribution is 0.664. The summed E-state index contributed by atoms with van der Waals surface area (Å²) in [6, 6.07) is 6.31. The minimum Gasteiger partial charge on any atom is -0.313 e. The van der Waals surface area contributed by atoms with Gasteiger partial charge >= 0.3 is 0 Å². The van der Waals surface area contributed by atoms with E-state index in [4.69, 9.17) is 0 Å². The van der Waals surface area contributed by atoms with E-state index in [0.29, 0.717) is 0 Å². The lowest BCUT2D eigenvalue weighted by atomic mass is 10.2. The Morgan fingerprint density at radius 3 is 2.89 bits per heavy atom. The molecule has 1 aromatic heterocycles. The van der Waals surface area contributed by atoms with Gasteiger partial charge in [0, 0.05) is 23.0 Å². The van der Waals surface area contributed by atoms with Crippen LogP contribution in [-0.2, 0) is 13.6 Å². The minimum absolute atomic E-state index is 0.781. The number of hydrogen-bond acceptors (Lipinski definition) is 5. The van der Waals surface area contributed by atoms with Crippen molar-refractivity contribution in [1.29, 1.82) is 0 Å². The zero-order valence-electron chi connectivity index (χ0n) is 10.9. The van der Waals surface area contributed by atoms with E-state index in [1.165, 1.54) is 5.56 Å². The zero-order chi connectivity index (χ0) is 13.7. The molecule has 0 aliphatic carbocycles. The van der Waals surface area contributed by atoms with Crippen LogP contribution in [0, 0.1) is 0 Å². The quantitative estimate of drug-likeness (QED) is 0.818. The van der Waals surface area contributed by atoms with Crippen LogP contribution in [0.4, 0.5) is 0 Å². The molecule has 0 radical (unpaired) electrons. The molecule has 0 aliphatic heterocycles. The molecule has 0 saturated heterocycles. The standard InChI is InChI=1S/C12H16BrN5S/c1-3-6-14-8-9-4-5-10(7-11(9)13)19-12-15-16-17-18(12)2/h4-5,7,14H,3,6,8H2,1-2H3. The van der Waals surface area contributed by atoms with Crippen molar-refractivity contribution in [2.45, 2.75) is 29.9 Å². The van der Waals surface area contributed by atoms with E-state index in [1.54, 1.807) is 16.4 Å². The maximum Gasteiger partial charge on any atom is 0.213 e. The number of nitrogens with zero attached hydrogens (tertiary/aromatic N) is 4. The van der Waals surface area contributed by atoms with E-state index in [1.807, 2.05) is 7.05 Å². The first-order chi connectivity index (χ1) is 9.20. The third-order valence-electron chi connectivity index (χ3n) is 2.56. The molecule has 0 saturated carbocycles. The van der Waals surface area contributed by atoms with Gasteiger partial charge in [0.2, 0.25) is 5.16 Å². The highest BCUT2D eigenvalue weighted by Gasteiger charge is 2.07. The summed E-state index contributed by atoms with van der Waals surface area (Å²) in [5, 5.41) is 15.6. The summed E-state index contributed by atoms with van der Waals surface area (Å²) in [5.74, 6) is 0. The molecular formula is C12H16BrN5S. The first kappa shape index (κ1) is 14.5. The summed E-state index contributed by atoms with van der Waals surface area (Å²) < 4.78 is 2.77. The predicted molar refractivity (Wildman–Crippen MR) is 79.1 cm³/mol. The maximum absolute atomic E-state index is 3.96. The van der Waals surface area contributed by atoms with E-state index in [2.05, 4.69) is 61.9 Å². The average molecular weight is 342 g/mol. The van der Waals surface area contributed by atoms with Crippen LogP contribution in [0.5, 0.6) is 0 Å². The van der Waals surface area contributed by atoms with Crippen molar-refractivity contribution >= 4 is 27.7 Å². The zero-order valence-corrected chi connectivity index (χ0v) is 13.3. The largest absolute Gasteiger partial charge is 0.313 e. The van der Waals surface area contributed by atoms with E-state index in [0.717, 1.165) is 34.0 Å². The summed E-state index contributed by atoms with van der Waals surface area (Å²) in [6.45, 7) is 4.08. The van der Waals surface area contributed by atoms with Gasteiger partial charge in [-0.25, -0.2) is 4.68 Å². The number of halogens is 1. The molecule has 1 aromatic carbocycles. The van der Waals surface area contributed by atoms with Gasteiger partial charge in [0.1, 0.15) is 0 Å². The fraction of sp³-hybridized carbons (Fsp3) is 0.417. The van der Waals surface area contributed by atoms with Crippen molar-refractivity contribution in [3.63, 3.8) is 0 Å². The monoisotopic (exact) mass is 341 g/mol. The Labute approximate surface area is 125 Å². The molecule has 0 amide bonds. The van der Waals surface area contributed by atoms with Crippen molar-refractivity contribution in [2.75, 3.05) is 6.54 Å². The van der Waals surface area contributed by atoms with Crippen LogP contribution < -0.4 is 5.32 Å². The molecule has 0 atom stereocenters. The second-order valence-electron chi connectivity index (χ2n) is 4.12. The van der Waals surface area contributed by atoms with Gasteiger partial charge in [0.05, 0.1) is 0 Å². The molecule has 19 heavy (non-hydrogen) atoms. The van der Waals surface area contributed by atoms with Gasteiger partial charge in [-0.05, 0) is 52.9 Å². The average Bonchev–Trinajstić information content (AvgIpc) is 2.78. The van der Waals surface area contributed by atoms with Crippen LogP contribution in [0.1, 0.15) is 18.9 Å². The topological polar surface area (TPSA) is 55.6 Å². The molecule has 1 heterocycles. The molecule has 0 unspecified atom stereocenters. The smallest absolute Gasteiger partial charge is 0.213 e. The second-order valence-corrected chi connectivity index (χ2v) is 6.01. The lowest BCUT2D eigenvalue weighted by Crippen LogP contribution is -2.14. The van der Waals surface area contributed by atoms with Crippen LogP contribution in [0.25, 0.3) is 0 Å². The Kier molecular flexibility index (Phi) is 5.35. The summed E-state index contributed by atoms with van der Waals surface area (Å²) in [4.78, 5) is 1.11. The Morgan fingerprint density at radius 1 is 1.42 bits per heavy atom. The fourth-order valence-corrected chi connectivity index (χ4v) is 2.99. The van der Waals surface area contributed by atoms with Crippen LogP contribution in [0.2, 0.25) is 0 Å². The molecule has 0 fully saturated rings. The van der Waals surface area contributed by atoms with E-state index < -0.39 is 0 Å². The first-order valence-corrected chi connectivity index (χ1v) is 7.71. The Hall–Kier alpha value is -0.920. The van der Waals surface area contributed by atoms with Gasteiger partial charge in [-0.3, -0.25) is 0 Å². The minimum atomic E-state index is 0.781. The van der Waals surface area contributed by atoms with Crippen LogP contribution in [0.15, 0.2) is 32.7 Å². The molecule has 102 valence electrons. The highest BCUT2D eigenvalue weighted by atomic mass is 79.9. The van der Waals surface area contributed by atoms with Gasteiger partial charge in [-0.2, -0.15) is 0 Å². The van der Waals surface area contributed by atoms with Gasteiger partial charge in [-0.1, -0.05) is 28.9 Å². The Balaban J connectivity index is 2.04. The highest BCUT2D eigenvalue weighted by molar-refractivity contribution is 9.10. The number of aromatic nitrogens is 4. The Morgan fingerprint density at radius 2 is 2.26 bits per heavy atom. The van der Waals surface area contributed by atoms with Gasteiger partial charge < -0.3 is 5.32 Å². The highest BCUT2D eigenvalue weighted by Crippen LogP contribution is 2.29. The molecule has 1 N–H and O–H groups in total. The SMILES string of the molecule is CCCNCc1ccc(Sc2nnnn2C)cc1Br. The molecular weight excluding hydrogens is 326 g/mol. The van der Waals surface area contributed by atoms with Crippen molar-refractivity contribution in [1.82, 2.24) is 25.5 Å².